The van der Waals surface area contributed by atoms with E-state index < -0.39 is 0 Å². The highest BCUT2D eigenvalue weighted by Crippen LogP contribution is 2.25. The quantitative estimate of drug-likeness (QED) is 0.740. The lowest BCUT2D eigenvalue weighted by Crippen LogP contribution is -2.43. The molecule has 0 aliphatic carbocycles. The number of hydrogen-bond acceptors (Lipinski definition) is 5. The van der Waals surface area contributed by atoms with Gasteiger partial charge in [-0.3, -0.25) is 4.79 Å². The minimum absolute atomic E-state index is 0.0937. The van der Waals surface area contributed by atoms with Crippen molar-refractivity contribution in [3.05, 3.63) is 53.4 Å². The van der Waals surface area contributed by atoms with Crippen LogP contribution >= 0.6 is 11.3 Å². The first-order valence-electron chi connectivity index (χ1n) is 8.49. The van der Waals surface area contributed by atoms with Crippen molar-refractivity contribution < 1.29 is 9.18 Å². The van der Waals surface area contributed by atoms with Crippen molar-refractivity contribution in [1.29, 1.82) is 0 Å². The minimum atomic E-state index is -0.365. The zero-order valence-corrected chi connectivity index (χ0v) is 14.8. The van der Waals surface area contributed by atoms with E-state index in [4.69, 9.17) is 0 Å². The number of amides is 1. The summed E-state index contributed by atoms with van der Waals surface area (Å²) in [4.78, 5) is 17.9. The van der Waals surface area contributed by atoms with Gasteiger partial charge in [-0.05, 0) is 55.6 Å². The van der Waals surface area contributed by atoms with E-state index in [1.54, 1.807) is 12.1 Å². The van der Waals surface area contributed by atoms with Crippen molar-refractivity contribution >= 4 is 17.2 Å². The fourth-order valence-corrected chi connectivity index (χ4v) is 3.68. The number of nitrogens with zero attached hydrogens (tertiary/aromatic N) is 3. The SMILES string of the molecule is O=C(NC1CCNCC1)c1nc(-c2cccs2)n(-c2cccc(F)c2)n1. The van der Waals surface area contributed by atoms with Gasteiger partial charge < -0.3 is 10.6 Å². The first-order valence-corrected chi connectivity index (χ1v) is 9.37. The van der Waals surface area contributed by atoms with Gasteiger partial charge in [0.15, 0.2) is 5.82 Å². The number of carbonyl (C=O) groups excluding carboxylic acids is 1. The zero-order valence-electron chi connectivity index (χ0n) is 14.0. The molecule has 8 heteroatoms. The molecule has 2 N–H and O–H groups in total. The summed E-state index contributed by atoms with van der Waals surface area (Å²) in [5, 5.41) is 12.5. The Morgan fingerprint density at radius 3 is 2.85 bits per heavy atom. The van der Waals surface area contributed by atoms with Crippen LogP contribution in [0.3, 0.4) is 0 Å². The number of thiophene rings is 1. The molecule has 1 aliphatic rings. The van der Waals surface area contributed by atoms with E-state index >= 15 is 0 Å². The Hall–Kier alpha value is -2.58. The summed E-state index contributed by atoms with van der Waals surface area (Å²) in [7, 11) is 0. The van der Waals surface area contributed by atoms with Gasteiger partial charge in [0.1, 0.15) is 5.82 Å². The van der Waals surface area contributed by atoms with E-state index in [1.165, 1.54) is 28.2 Å². The summed E-state index contributed by atoms with van der Waals surface area (Å²) < 4.78 is 15.2. The maximum absolute atomic E-state index is 13.7. The van der Waals surface area contributed by atoms with Crippen LogP contribution in [0, 0.1) is 5.82 Å². The number of rotatable bonds is 4. The monoisotopic (exact) mass is 371 g/mol. The molecule has 1 aliphatic heterocycles. The molecule has 3 heterocycles. The molecule has 0 spiro atoms. The van der Waals surface area contributed by atoms with Crippen LogP contribution < -0.4 is 10.6 Å². The fraction of sp³-hybridized carbons (Fsp3) is 0.278. The van der Waals surface area contributed by atoms with Crippen LogP contribution in [0.4, 0.5) is 4.39 Å². The van der Waals surface area contributed by atoms with Crippen LogP contribution in [-0.4, -0.2) is 39.8 Å². The summed E-state index contributed by atoms with van der Waals surface area (Å²) >= 11 is 1.49. The van der Waals surface area contributed by atoms with Gasteiger partial charge in [-0.15, -0.1) is 16.4 Å². The molecule has 0 atom stereocenters. The van der Waals surface area contributed by atoms with Crippen molar-refractivity contribution in [3.63, 3.8) is 0 Å². The Kier molecular flexibility index (Phi) is 4.77. The fourth-order valence-electron chi connectivity index (χ4n) is 2.98. The molecule has 0 bridgehead atoms. The van der Waals surface area contributed by atoms with E-state index in [9.17, 15) is 9.18 Å². The predicted octanol–water partition coefficient (Wildman–Crippen LogP) is 2.62. The smallest absolute Gasteiger partial charge is 0.291 e. The van der Waals surface area contributed by atoms with E-state index in [0.717, 1.165) is 30.8 Å². The minimum Gasteiger partial charge on any atom is -0.346 e. The van der Waals surface area contributed by atoms with Crippen molar-refractivity contribution in [3.8, 4) is 16.4 Å². The van der Waals surface area contributed by atoms with E-state index in [0.29, 0.717) is 11.5 Å². The first-order chi connectivity index (χ1) is 12.7. The third-order valence-electron chi connectivity index (χ3n) is 4.28. The third kappa shape index (κ3) is 3.51. The molecular formula is C18H18FN5OS. The maximum atomic E-state index is 13.7. The third-order valence-corrected chi connectivity index (χ3v) is 5.14. The van der Waals surface area contributed by atoms with Crippen molar-refractivity contribution in [1.82, 2.24) is 25.4 Å². The van der Waals surface area contributed by atoms with Crippen molar-refractivity contribution in [2.45, 2.75) is 18.9 Å². The second-order valence-corrected chi connectivity index (χ2v) is 7.07. The number of piperidine rings is 1. The molecule has 0 radical (unpaired) electrons. The number of aromatic nitrogens is 3. The van der Waals surface area contributed by atoms with Crippen LogP contribution in [0.25, 0.3) is 16.4 Å². The Morgan fingerprint density at radius 1 is 1.27 bits per heavy atom. The summed E-state index contributed by atoms with van der Waals surface area (Å²) in [6.45, 7) is 1.77. The van der Waals surface area contributed by atoms with Crippen LogP contribution in [0.2, 0.25) is 0 Å². The molecule has 134 valence electrons. The van der Waals surface area contributed by atoms with Gasteiger partial charge in [0.25, 0.3) is 5.91 Å². The molecule has 26 heavy (non-hydrogen) atoms. The van der Waals surface area contributed by atoms with Gasteiger partial charge in [0, 0.05) is 6.04 Å². The molecule has 6 nitrogen and oxygen atoms in total. The molecule has 1 saturated heterocycles. The molecule has 0 unspecified atom stereocenters. The standard InChI is InChI=1S/C18H18FN5OS/c19-12-3-1-4-14(11-12)24-17(15-5-2-10-26-15)22-16(23-24)18(25)21-13-6-8-20-9-7-13/h1-5,10-11,13,20H,6-9H2,(H,21,25). The van der Waals surface area contributed by atoms with E-state index in [-0.39, 0.29) is 23.6 Å². The average Bonchev–Trinajstić information content (AvgIpc) is 3.32. The summed E-state index contributed by atoms with van der Waals surface area (Å²) in [5.74, 6) is -0.0436. The highest BCUT2D eigenvalue weighted by atomic mass is 32.1. The van der Waals surface area contributed by atoms with Crippen molar-refractivity contribution in [2.75, 3.05) is 13.1 Å². The lowest BCUT2D eigenvalue weighted by molar-refractivity contribution is 0.0919. The highest BCUT2D eigenvalue weighted by Gasteiger charge is 2.22. The molecular weight excluding hydrogens is 353 g/mol. The summed E-state index contributed by atoms with van der Waals surface area (Å²) in [5.41, 5.74) is 0.529. The van der Waals surface area contributed by atoms with Crippen LogP contribution in [-0.2, 0) is 0 Å². The molecule has 1 aromatic carbocycles. The lowest BCUT2D eigenvalue weighted by atomic mass is 10.1. The Labute approximate surface area is 154 Å². The topological polar surface area (TPSA) is 71.8 Å². The number of benzene rings is 1. The van der Waals surface area contributed by atoms with Gasteiger partial charge in [-0.1, -0.05) is 12.1 Å². The molecule has 1 fully saturated rings. The first kappa shape index (κ1) is 16.9. The summed E-state index contributed by atoms with van der Waals surface area (Å²) in [6.07, 6.45) is 1.77. The normalized spacial score (nSPS) is 15.1. The van der Waals surface area contributed by atoms with E-state index in [2.05, 4.69) is 20.7 Å². The van der Waals surface area contributed by atoms with Gasteiger partial charge in [0.2, 0.25) is 5.82 Å². The van der Waals surface area contributed by atoms with Gasteiger partial charge >= 0.3 is 0 Å². The Bertz CT molecular complexity index is 902. The molecule has 3 aromatic rings. The van der Waals surface area contributed by atoms with Crippen LogP contribution in [0.15, 0.2) is 41.8 Å². The van der Waals surface area contributed by atoms with E-state index in [1.807, 2.05) is 17.5 Å². The lowest BCUT2D eigenvalue weighted by Gasteiger charge is -2.22. The van der Waals surface area contributed by atoms with Gasteiger partial charge in [0.05, 0.1) is 10.6 Å². The Balaban J connectivity index is 1.68. The zero-order chi connectivity index (χ0) is 17.9. The van der Waals surface area contributed by atoms with Gasteiger partial charge in [-0.2, -0.15) is 0 Å². The molecule has 4 rings (SSSR count). The van der Waals surface area contributed by atoms with Crippen LogP contribution in [0.5, 0.6) is 0 Å². The molecule has 1 amide bonds. The number of hydrogen-bond donors (Lipinski definition) is 2. The number of halogens is 1. The molecule has 0 saturated carbocycles. The second-order valence-electron chi connectivity index (χ2n) is 6.13. The van der Waals surface area contributed by atoms with Crippen LogP contribution in [0.1, 0.15) is 23.5 Å². The Morgan fingerprint density at radius 2 is 2.12 bits per heavy atom. The molecule has 2 aromatic heterocycles. The second kappa shape index (κ2) is 7.35. The predicted molar refractivity (Wildman–Crippen MR) is 98.0 cm³/mol. The number of nitrogens with one attached hydrogen (secondary N) is 2. The average molecular weight is 371 g/mol. The maximum Gasteiger partial charge on any atom is 0.291 e. The highest BCUT2D eigenvalue weighted by molar-refractivity contribution is 7.13. The van der Waals surface area contributed by atoms with Gasteiger partial charge in [-0.25, -0.2) is 14.1 Å². The number of carbonyl (C=O) groups is 1. The van der Waals surface area contributed by atoms with Crippen molar-refractivity contribution in [2.24, 2.45) is 0 Å². The summed E-state index contributed by atoms with van der Waals surface area (Å²) in [6, 6.07) is 10.0. The largest absolute Gasteiger partial charge is 0.346 e.